The zero-order valence-corrected chi connectivity index (χ0v) is 18.6. The number of halogens is 1. The monoisotopic (exact) mass is 488 g/mol. The van der Waals surface area contributed by atoms with Crippen LogP contribution in [0, 0.1) is 0 Å². The van der Waals surface area contributed by atoms with Crippen LogP contribution in [0.2, 0.25) is 0 Å². The van der Waals surface area contributed by atoms with Gasteiger partial charge in [0, 0.05) is 16.7 Å². The summed E-state index contributed by atoms with van der Waals surface area (Å²) in [6, 6.07) is 6.96. The summed E-state index contributed by atoms with van der Waals surface area (Å²) in [5.41, 5.74) is 0.871. The van der Waals surface area contributed by atoms with Crippen LogP contribution in [-0.2, 0) is 9.53 Å². The van der Waals surface area contributed by atoms with Crippen molar-refractivity contribution in [2.75, 3.05) is 19.0 Å². The van der Waals surface area contributed by atoms with Gasteiger partial charge in [-0.1, -0.05) is 6.07 Å². The highest BCUT2D eigenvalue weighted by molar-refractivity contribution is 9.10. The van der Waals surface area contributed by atoms with E-state index in [0.717, 1.165) is 6.42 Å². The molecule has 0 aromatic carbocycles. The summed E-state index contributed by atoms with van der Waals surface area (Å²) >= 11 is 3.29. The molecule has 11 heteroatoms. The second-order valence-corrected chi connectivity index (χ2v) is 7.49. The van der Waals surface area contributed by atoms with Crippen LogP contribution in [0.5, 0.6) is 5.88 Å². The summed E-state index contributed by atoms with van der Waals surface area (Å²) in [7, 11) is 1.31. The van der Waals surface area contributed by atoms with E-state index < -0.39 is 5.97 Å². The Kier molecular flexibility index (Phi) is 7.65. The van der Waals surface area contributed by atoms with Crippen molar-refractivity contribution < 1.29 is 19.1 Å². The number of ether oxygens (including phenoxy) is 2. The minimum atomic E-state index is -0.509. The third kappa shape index (κ3) is 5.63. The van der Waals surface area contributed by atoms with Gasteiger partial charge in [-0.25, -0.2) is 14.8 Å². The maximum atomic E-state index is 11.9. The molecule has 0 spiro atoms. The van der Waals surface area contributed by atoms with Crippen molar-refractivity contribution in [2.45, 2.75) is 25.8 Å². The number of aromatic nitrogens is 5. The highest BCUT2D eigenvalue weighted by Gasteiger charge is 2.17. The highest BCUT2D eigenvalue weighted by atomic mass is 79.9. The van der Waals surface area contributed by atoms with Crippen LogP contribution < -0.4 is 10.1 Å². The number of carbonyl (C=O) groups excluding carboxylic acids is 2. The van der Waals surface area contributed by atoms with Crippen molar-refractivity contribution in [2.24, 2.45) is 0 Å². The number of nitrogens with one attached hydrogen (secondary N) is 1. The van der Waals surface area contributed by atoms with Gasteiger partial charge < -0.3 is 19.4 Å². The molecule has 0 radical (unpaired) electrons. The number of anilines is 1. The minimum absolute atomic E-state index is 0.0658. The molecule has 0 aliphatic heterocycles. The van der Waals surface area contributed by atoms with Gasteiger partial charge in [0.1, 0.15) is 23.4 Å². The van der Waals surface area contributed by atoms with Crippen LogP contribution in [0.4, 0.5) is 5.82 Å². The number of methoxy groups -OCH3 is 1. The molecule has 0 bridgehead atoms. The van der Waals surface area contributed by atoms with Crippen LogP contribution in [-0.4, -0.2) is 50.8 Å². The fraction of sp³-hybridized carbons (Fsp3) is 0.300. The summed E-state index contributed by atoms with van der Waals surface area (Å²) in [5, 5.41) is 10.7. The molecular formula is C20H21BrN6O4. The van der Waals surface area contributed by atoms with E-state index in [1.807, 2.05) is 11.5 Å². The molecule has 1 N–H and O–H groups in total. The van der Waals surface area contributed by atoms with Gasteiger partial charge in [0.15, 0.2) is 5.82 Å². The van der Waals surface area contributed by atoms with E-state index in [4.69, 9.17) is 9.47 Å². The molecule has 1 unspecified atom stereocenters. The lowest BCUT2D eigenvalue weighted by molar-refractivity contribution is -0.105. The predicted molar refractivity (Wildman–Crippen MR) is 116 cm³/mol. The maximum absolute atomic E-state index is 11.9. The van der Waals surface area contributed by atoms with E-state index in [1.165, 1.54) is 7.11 Å². The fourth-order valence-corrected chi connectivity index (χ4v) is 3.26. The summed E-state index contributed by atoms with van der Waals surface area (Å²) < 4.78 is 13.1. The Balaban J connectivity index is 1.61. The van der Waals surface area contributed by atoms with Crippen LogP contribution in [0.1, 0.15) is 36.2 Å². The molecule has 0 fully saturated rings. The van der Waals surface area contributed by atoms with E-state index in [1.54, 1.807) is 36.8 Å². The number of carbonyl (C=O) groups is 2. The summed E-state index contributed by atoms with van der Waals surface area (Å²) in [5.74, 6) is 0.763. The first-order chi connectivity index (χ1) is 15.0. The molecule has 31 heavy (non-hydrogen) atoms. The lowest BCUT2D eigenvalue weighted by atomic mass is 10.2. The molecule has 1 amide bonds. The Morgan fingerprint density at radius 3 is 3.00 bits per heavy atom. The van der Waals surface area contributed by atoms with Crippen LogP contribution >= 0.6 is 15.9 Å². The number of nitrogens with zero attached hydrogens (tertiary/aromatic N) is 5. The molecule has 3 rings (SSSR count). The summed E-state index contributed by atoms with van der Waals surface area (Å²) in [6.07, 6.45) is 5.26. The Hall–Kier alpha value is -3.34. The van der Waals surface area contributed by atoms with Crippen LogP contribution in [0.25, 0.3) is 11.5 Å². The van der Waals surface area contributed by atoms with Gasteiger partial charge in [0.25, 0.3) is 0 Å². The normalized spacial score (nSPS) is 11.6. The Labute approximate surface area is 187 Å². The maximum Gasteiger partial charge on any atom is 0.343 e. The first kappa shape index (κ1) is 22.3. The van der Waals surface area contributed by atoms with Crippen molar-refractivity contribution in [3.05, 3.63) is 46.8 Å². The van der Waals surface area contributed by atoms with Gasteiger partial charge in [0.2, 0.25) is 12.3 Å². The van der Waals surface area contributed by atoms with E-state index in [2.05, 4.69) is 41.4 Å². The fourth-order valence-electron chi connectivity index (χ4n) is 2.93. The molecule has 1 atom stereocenters. The third-order valence-corrected chi connectivity index (χ3v) is 4.89. The molecule has 3 aromatic heterocycles. The minimum Gasteiger partial charge on any atom is -0.477 e. The average molecular weight is 489 g/mol. The second kappa shape index (κ2) is 10.6. The zero-order chi connectivity index (χ0) is 22.2. The van der Waals surface area contributed by atoms with Gasteiger partial charge in [-0.05, 0) is 53.9 Å². The van der Waals surface area contributed by atoms with Gasteiger partial charge >= 0.3 is 5.97 Å². The Morgan fingerprint density at radius 1 is 1.39 bits per heavy atom. The SMILES string of the molecule is COC(=O)c1cc(Br)cnc1OCCCC(C)n1cnnc1-c1cccc(NC=O)n1. The first-order valence-corrected chi connectivity index (χ1v) is 10.3. The van der Waals surface area contributed by atoms with E-state index in [-0.39, 0.29) is 17.5 Å². The van der Waals surface area contributed by atoms with Crippen molar-refractivity contribution >= 4 is 34.1 Å². The lowest BCUT2D eigenvalue weighted by Crippen LogP contribution is -2.11. The summed E-state index contributed by atoms with van der Waals surface area (Å²) in [6.45, 7) is 2.41. The lowest BCUT2D eigenvalue weighted by Gasteiger charge is -2.16. The molecule has 3 heterocycles. The number of esters is 1. The van der Waals surface area contributed by atoms with Crippen molar-refractivity contribution in [1.82, 2.24) is 24.7 Å². The quantitative estimate of drug-likeness (QED) is 0.262. The van der Waals surface area contributed by atoms with E-state index >= 15 is 0 Å². The Bertz CT molecular complexity index is 1060. The van der Waals surface area contributed by atoms with Gasteiger partial charge in [-0.2, -0.15) is 0 Å². The van der Waals surface area contributed by atoms with Gasteiger partial charge in [-0.15, -0.1) is 10.2 Å². The van der Waals surface area contributed by atoms with E-state index in [9.17, 15) is 9.59 Å². The van der Waals surface area contributed by atoms with Gasteiger partial charge in [-0.3, -0.25) is 4.79 Å². The third-order valence-electron chi connectivity index (χ3n) is 4.46. The molecule has 10 nitrogen and oxygen atoms in total. The number of hydrogen-bond donors (Lipinski definition) is 1. The molecule has 0 aliphatic carbocycles. The molecule has 0 saturated carbocycles. The smallest absolute Gasteiger partial charge is 0.343 e. The topological polar surface area (TPSA) is 121 Å². The van der Waals surface area contributed by atoms with Crippen molar-refractivity contribution in [1.29, 1.82) is 0 Å². The molecule has 0 aliphatic rings. The standard InChI is InChI=1S/C20H21BrN6O4/c1-13(5-4-8-31-19-15(20(29)30-2)9-14(21)10-22-19)27-11-24-26-18(27)16-6-3-7-17(25-16)23-12-28/h3,6-7,9-13H,4-5,8H2,1-2H3,(H,23,25,28). The second-order valence-electron chi connectivity index (χ2n) is 6.57. The largest absolute Gasteiger partial charge is 0.477 e. The highest BCUT2D eigenvalue weighted by Crippen LogP contribution is 2.24. The van der Waals surface area contributed by atoms with Gasteiger partial charge in [0.05, 0.1) is 13.7 Å². The number of hydrogen-bond acceptors (Lipinski definition) is 8. The molecule has 162 valence electrons. The molecule has 0 saturated heterocycles. The summed E-state index contributed by atoms with van der Waals surface area (Å²) in [4.78, 5) is 31.1. The van der Waals surface area contributed by atoms with Crippen LogP contribution in [0.15, 0.2) is 41.3 Å². The van der Waals surface area contributed by atoms with Crippen LogP contribution in [0.3, 0.4) is 0 Å². The molecular weight excluding hydrogens is 468 g/mol. The first-order valence-electron chi connectivity index (χ1n) is 9.47. The number of amides is 1. The zero-order valence-electron chi connectivity index (χ0n) is 17.0. The van der Waals surface area contributed by atoms with Crippen molar-refractivity contribution in [3.63, 3.8) is 0 Å². The van der Waals surface area contributed by atoms with E-state index in [0.29, 0.717) is 41.2 Å². The molecule has 3 aromatic rings. The average Bonchev–Trinajstić information content (AvgIpc) is 3.27. The number of pyridine rings is 2. The number of rotatable bonds is 10. The predicted octanol–water partition coefficient (Wildman–Crippen LogP) is 3.27. The van der Waals surface area contributed by atoms with Crippen molar-refractivity contribution in [3.8, 4) is 17.4 Å². The Morgan fingerprint density at radius 2 is 2.23 bits per heavy atom.